The van der Waals surface area contributed by atoms with Gasteiger partial charge in [0.1, 0.15) is 12.1 Å². The van der Waals surface area contributed by atoms with Crippen LogP contribution in [0.1, 0.15) is 28.6 Å². The average molecular weight is 244 g/mol. The van der Waals surface area contributed by atoms with Gasteiger partial charge in [-0.2, -0.15) is 0 Å². The maximum Gasteiger partial charge on any atom is 0.208 e. The minimum atomic E-state index is 0.748. The summed E-state index contributed by atoms with van der Waals surface area (Å²) in [6.07, 6.45) is 4.52. The summed E-state index contributed by atoms with van der Waals surface area (Å²) in [5.74, 6) is 1.70. The summed E-state index contributed by atoms with van der Waals surface area (Å²) >= 11 is 0. The Balaban J connectivity index is 1.73. The van der Waals surface area contributed by atoms with Crippen molar-refractivity contribution >= 4 is 0 Å². The molecule has 1 aliphatic rings. The van der Waals surface area contributed by atoms with Gasteiger partial charge in [0.2, 0.25) is 5.89 Å². The van der Waals surface area contributed by atoms with E-state index in [1.54, 1.807) is 6.33 Å². The molecule has 0 aromatic carbocycles. The third-order valence-corrected chi connectivity index (χ3v) is 3.38. The van der Waals surface area contributed by atoms with Gasteiger partial charge in [-0.1, -0.05) is 0 Å². The van der Waals surface area contributed by atoms with Crippen molar-refractivity contribution in [3.05, 3.63) is 41.1 Å². The summed E-state index contributed by atoms with van der Waals surface area (Å²) in [6.45, 7) is 6.52. The molecular weight excluding hydrogens is 228 g/mol. The third kappa shape index (κ3) is 2.13. The number of nitrogens with zero attached hydrogens (tertiary/aromatic N) is 4. The molecule has 3 heterocycles. The molecule has 94 valence electrons. The molecular formula is C13H16N4O. The van der Waals surface area contributed by atoms with Crippen LogP contribution in [0, 0.1) is 13.8 Å². The van der Waals surface area contributed by atoms with E-state index in [-0.39, 0.29) is 0 Å². The maximum atomic E-state index is 5.62. The standard InChI is InChI=1S/C13H16N4O/c1-9-10(2)18-13(16-9)7-17-4-3-11-5-14-8-15-12(11)6-17/h5,8H,3-4,6-7H2,1-2H3. The topological polar surface area (TPSA) is 55.1 Å². The SMILES string of the molecule is Cc1nc(CN2CCc3cncnc3C2)oc1C. The van der Waals surface area contributed by atoms with E-state index in [0.717, 1.165) is 49.1 Å². The van der Waals surface area contributed by atoms with Crippen LogP contribution in [0.5, 0.6) is 0 Å². The molecule has 2 aromatic heterocycles. The monoisotopic (exact) mass is 244 g/mol. The minimum absolute atomic E-state index is 0.748. The van der Waals surface area contributed by atoms with Gasteiger partial charge in [-0.15, -0.1) is 0 Å². The molecule has 0 saturated heterocycles. The van der Waals surface area contributed by atoms with Crippen molar-refractivity contribution in [2.24, 2.45) is 0 Å². The predicted octanol–water partition coefficient (Wildman–Crippen LogP) is 1.64. The number of fused-ring (bicyclic) bond motifs is 1. The van der Waals surface area contributed by atoms with Gasteiger partial charge in [-0.05, 0) is 25.8 Å². The molecule has 0 radical (unpaired) electrons. The molecule has 0 atom stereocenters. The molecule has 0 aliphatic carbocycles. The summed E-state index contributed by atoms with van der Waals surface area (Å²) in [5, 5.41) is 0. The molecule has 0 saturated carbocycles. The lowest BCUT2D eigenvalue weighted by Crippen LogP contribution is -2.30. The van der Waals surface area contributed by atoms with Gasteiger partial charge in [-0.3, -0.25) is 4.90 Å². The lowest BCUT2D eigenvalue weighted by atomic mass is 10.1. The van der Waals surface area contributed by atoms with Crippen LogP contribution in [0.25, 0.3) is 0 Å². The lowest BCUT2D eigenvalue weighted by molar-refractivity contribution is 0.216. The van der Waals surface area contributed by atoms with E-state index < -0.39 is 0 Å². The first-order valence-corrected chi connectivity index (χ1v) is 6.15. The first-order chi connectivity index (χ1) is 8.72. The number of rotatable bonds is 2. The van der Waals surface area contributed by atoms with Gasteiger partial charge in [0, 0.05) is 19.3 Å². The van der Waals surface area contributed by atoms with Crippen molar-refractivity contribution in [3.63, 3.8) is 0 Å². The van der Waals surface area contributed by atoms with Crippen LogP contribution >= 0.6 is 0 Å². The van der Waals surface area contributed by atoms with E-state index >= 15 is 0 Å². The Labute approximate surface area is 106 Å². The summed E-state index contributed by atoms with van der Waals surface area (Å²) in [7, 11) is 0. The van der Waals surface area contributed by atoms with Crippen molar-refractivity contribution in [2.75, 3.05) is 6.54 Å². The van der Waals surface area contributed by atoms with E-state index in [4.69, 9.17) is 4.42 Å². The van der Waals surface area contributed by atoms with Gasteiger partial charge >= 0.3 is 0 Å². The number of hydrogen-bond acceptors (Lipinski definition) is 5. The largest absolute Gasteiger partial charge is 0.444 e. The summed E-state index contributed by atoms with van der Waals surface area (Å²) in [4.78, 5) is 15.1. The quantitative estimate of drug-likeness (QED) is 0.803. The summed E-state index contributed by atoms with van der Waals surface area (Å²) in [6, 6.07) is 0. The molecule has 0 N–H and O–H groups in total. The predicted molar refractivity (Wildman–Crippen MR) is 65.8 cm³/mol. The van der Waals surface area contributed by atoms with Crippen LogP contribution in [-0.4, -0.2) is 26.4 Å². The zero-order chi connectivity index (χ0) is 12.5. The molecule has 3 rings (SSSR count). The average Bonchev–Trinajstić information content (AvgIpc) is 2.68. The normalized spacial score (nSPS) is 15.7. The van der Waals surface area contributed by atoms with E-state index in [1.165, 1.54) is 5.56 Å². The van der Waals surface area contributed by atoms with E-state index in [2.05, 4.69) is 19.9 Å². The molecule has 18 heavy (non-hydrogen) atoms. The molecule has 0 unspecified atom stereocenters. The number of oxazole rings is 1. The highest BCUT2D eigenvalue weighted by Crippen LogP contribution is 2.18. The van der Waals surface area contributed by atoms with E-state index in [0.29, 0.717) is 0 Å². The van der Waals surface area contributed by atoms with Crippen molar-refractivity contribution in [1.82, 2.24) is 19.9 Å². The Kier molecular flexibility index (Phi) is 2.83. The fourth-order valence-electron chi connectivity index (χ4n) is 2.24. The van der Waals surface area contributed by atoms with Crippen LogP contribution in [-0.2, 0) is 19.5 Å². The fourth-order valence-corrected chi connectivity index (χ4v) is 2.24. The Morgan fingerprint density at radius 1 is 1.39 bits per heavy atom. The smallest absolute Gasteiger partial charge is 0.208 e. The molecule has 0 bridgehead atoms. The minimum Gasteiger partial charge on any atom is -0.444 e. The van der Waals surface area contributed by atoms with Crippen LogP contribution in [0.3, 0.4) is 0 Å². The van der Waals surface area contributed by atoms with Crippen molar-refractivity contribution in [2.45, 2.75) is 33.4 Å². The highest BCUT2D eigenvalue weighted by Gasteiger charge is 2.19. The Morgan fingerprint density at radius 2 is 2.28 bits per heavy atom. The van der Waals surface area contributed by atoms with E-state index in [1.807, 2.05) is 20.0 Å². The second-order valence-corrected chi connectivity index (χ2v) is 4.70. The number of hydrogen-bond donors (Lipinski definition) is 0. The molecule has 5 nitrogen and oxygen atoms in total. The van der Waals surface area contributed by atoms with Gasteiger partial charge < -0.3 is 4.42 Å². The zero-order valence-electron chi connectivity index (χ0n) is 10.7. The highest BCUT2D eigenvalue weighted by atomic mass is 16.4. The molecule has 1 aliphatic heterocycles. The Bertz CT molecular complexity index is 544. The van der Waals surface area contributed by atoms with Gasteiger partial charge in [0.05, 0.1) is 17.9 Å². The molecule has 2 aromatic rings. The van der Waals surface area contributed by atoms with E-state index in [9.17, 15) is 0 Å². The maximum absolute atomic E-state index is 5.62. The van der Waals surface area contributed by atoms with Gasteiger partial charge in [0.25, 0.3) is 0 Å². The van der Waals surface area contributed by atoms with Crippen molar-refractivity contribution < 1.29 is 4.42 Å². The van der Waals surface area contributed by atoms with Gasteiger partial charge in [0.15, 0.2) is 0 Å². The second kappa shape index (κ2) is 4.49. The Morgan fingerprint density at radius 3 is 3.06 bits per heavy atom. The number of aryl methyl sites for hydroxylation is 2. The molecule has 0 amide bonds. The first-order valence-electron chi connectivity index (χ1n) is 6.15. The molecule has 5 heteroatoms. The molecule has 0 fully saturated rings. The molecule has 0 spiro atoms. The Hall–Kier alpha value is -1.75. The second-order valence-electron chi connectivity index (χ2n) is 4.70. The van der Waals surface area contributed by atoms with Crippen molar-refractivity contribution in [1.29, 1.82) is 0 Å². The zero-order valence-corrected chi connectivity index (χ0v) is 10.7. The fraction of sp³-hybridized carbons (Fsp3) is 0.462. The first kappa shape index (κ1) is 11.3. The third-order valence-electron chi connectivity index (χ3n) is 3.38. The van der Waals surface area contributed by atoms with Crippen molar-refractivity contribution in [3.8, 4) is 0 Å². The van der Waals surface area contributed by atoms with Crippen LogP contribution in [0.4, 0.5) is 0 Å². The van der Waals surface area contributed by atoms with Crippen LogP contribution < -0.4 is 0 Å². The van der Waals surface area contributed by atoms with Crippen LogP contribution in [0.2, 0.25) is 0 Å². The lowest BCUT2D eigenvalue weighted by Gasteiger charge is -2.26. The summed E-state index contributed by atoms with van der Waals surface area (Å²) < 4.78 is 5.62. The van der Waals surface area contributed by atoms with Gasteiger partial charge in [-0.25, -0.2) is 15.0 Å². The highest BCUT2D eigenvalue weighted by molar-refractivity contribution is 5.19. The van der Waals surface area contributed by atoms with Crippen LogP contribution in [0.15, 0.2) is 16.9 Å². The summed E-state index contributed by atoms with van der Waals surface area (Å²) in [5.41, 5.74) is 3.36. The number of aromatic nitrogens is 3.